The summed E-state index contributed by atoms with van der Waals surface area (Å²) in [5.74, 6) is 0. The van der Waals surface area contributed by atoms with Crippen LogP contribution in [0.25, 0.3) is 0 Å². The molecule has 0 aromatic heterocycles. The number of hydrogen-bond donors (Lipinski definition) is 1. The van der Waals surface area contributed by atoms with Crippen LogP contribution in [-0.4, -0.2) is 5.11 Å². The van der Waals surface area contributed by atoms with Crippen LogP contribution in [0.1, 0.15) is 62.0 Å². The number of hydrogen-bond acceptors (Lipinski definition) is 1. The maximum absolute atomic E-state index is 10.3. The van der Waals surface area contributed by atoms with Crippen LogP contribution in [0.4, 0.5) is 0 Å². The van der Waals surface area contributed by atoms with Crippen molar-refractivity contribution >= 4 is 0 Å². The molecule has 0 saturated heterocycles. The van der Waals surface area contributed by atoms with Crippen LogP contribution >= 0.6 is 0 Å². The molecule has 0 bridgehead atoms. The molecule has 0 aliphatic carbocycles. The molecule has 1 rings (SSSR count). The van der Waals surface area contributed by atoms with E-state index in [-0.39, 0.29) is 11.5 Å². The van der Waals surface area contributed by atoms with E-state index in [4.69, 9.17) is 0 Å². The van der Waals surface area contributed by atoms with E-state index in [1.807, 2.05) is 0 Å². The van der Waals surface area contributed by atoms with E-state index in [1.165, 1.54) is 16.7 Å². The van der Waals surface area contributed by atoms with E-state index in [2.05, 4.69) is 53.7 Å². The lowest BCUT2D eigenvalue weighted by molar-refractivity contribution is 0.147. The molecule has 1 atom stereocenters. The number of aliphatic hydroxyl groups excluding tert-OH is 1. The van der Waals surface area contributed by atoms with Crippen LogP contribution in [0.2, 0.25) is 0 Å². The van der Waals surface area contributed by atoms with Crippen LogP contribution < -0.4 is 0 Å². The Bertz CT molecular complexity index is 385. The van der Waals surface area contributed by atoms with Gasteiger partial charge in [-0.3, -0.25) is 0 Å². The van der Waals surface area contributed by atoms with Gasteiger partial charge < -0.3 is 5.11 Å². The SMILES string of the molecule is Cc1cc(C)c(C(O)CCC(C)(C)C)cc1C. The zero-order valence-corrected chi connectivity index (χ0v) is 12.1. The predicted molar refractivity (Wildman–Crippen MR) is 74.3 cm³/mol. The maximum atomic E-state index is 10.3. The van der Waals surface area contributed by atoms with Gasteiger partial charge in [0.05, 0.1) is 6.10 Å². The summed E-state index contributed by atoms with van der Waals surface area (Å²) >= 11 is 0. The van der Waals surface area contributed by atoms with Gasteiger partial charge >= 0.3 is 0 Å². The summed E-state index contributed by atoms with van der Waals surface area (Å²) in [6.07, 6.45) is 1.56. The highest BCUT2D eigenvalue weighted by molar-refractivity contribution is 5.37. The van der Waals surface area contributed by atoms with Crippen LogP contribution in [-0.2, 0) is 0 Å². The molecule has 0 aliphatic rings. The lowest BCUT2D eigenvalue weighted by Gasteiger charge is -2.22. The van der Waals surface area contributed by atoms with Gasteiger partial charge in [-0.05, 0) is 61.3 Å². The standard InChI is InChI=1S/C16H26O/c1-11-9-13(3)14(10-12(11)2)15(17)7-8-16(4,5)6/h9-10,15,17H,7-8H2,1-6H3. The number of benzene rings is 1. The van der Waals surface area contributed by atoms with Crippen molar-refractivity contribution in [1.29, 1.82) is 0 Å². The van der Waals surface area contributed by atoms with Crippen LogP contribution in [0, 0.1) is 26.2 Å². The second-order valence-corrected chi connectivity index (χ2v) is 6.41. The monoisotopic (exact) mass is 234 g/mol. The highest BCUT2D eigenvalue weighted by Gasteiger charge is 2.16. The molecule has 17 heavy (non-hydrogen) atoms. The Kier molecular flexibility index (Phi) is 4.37. The fraction of sp³-hybridized carbons (Fsp3) is 0.625. The van der Waals surface area contributed by atoms with Gasteiger partial charge in [-0.25, -0.2) is 0 Å². The summed E-state index contributed by atoms with van der Waals surface area (Å²) in [6, 6.07) is 4.31. The first-order valence-corrected chi connectivity index (χ1v) is 6.46. The van der Waals surface area contributed by atoms with Gasteiger partial charge in [0.2, 0.25) is 0 Å². The van der Waals surface area contributed by atoms with Gasteiger partial charge in [-0.15, -0.1) is 0 Å². The molecule has 0 saturated carbocycles. The van der Waals surface area contributed by atoms with Gasteiger partial charge in [0.1, 0.15) is 0 Å². The minimum atomic E-state index is -0.325. The van der Waals surface area contributed by atoms with E-state index in [0.29, 0.717) is 0 Å². The molecule has 96 valence electrons. The van der Waals surface area contributed by atoms with E-state index in [1.54, 1.807) is 0 Å². The van der Waals surface area contributed by atoms with Gasteiger partial charge in [0.15, 0.2) is 0 Å². The number of aryl methyl sites for hydroxylation is 3. The summed E-state index contributed by atoms with van der Waals surface area (Å²) in [4.78, 5) is 0. The smallest absolute Gasteiger partial charge is 0.0792 e. The van der Waals surface area contributed by atoms with E-state index in [9.17, 15) is 5.11 Å². The molecule has 0 aliphatic heterocycles. The zero-order chi connectivity index (χ0) is 13.2. The number of aliphatic hydroxyl groups is 1. The van der Waals surface area contributed by atoms with Gasteiger partial charge in [-0.2, -0.15) is 0 Å². The van der Waals surface area contributed by atoms with Crippen molar-refractivity contribution in [2.75, 3.05) is 0 Å². The predicted octanol–water partition coefficient (Wildman–Crippen LogP) is 4.47. The second-order valence-electron chi connectivity index (χ2n) is 6.41. The van der Waals surface area contributed by atoms with Crippen molar-refractivity contribution in [2.24, 2.45) is 5.41 Å². The summed E-state index contributed by atoms with van der Waals surface area (Å²) in [6.45, 7) is 13.0. The minimum absolute atomic E-state index is 0.286. The molecule has 0 heterocycles. The van der Waals surface area contributed by atoms with Crippen LogP contribution in [0.5, 0.6) is 0 Å². The van der Waals surface area contributed by atoms with Crippen molar-refractivity contribution in [3.8, 4) is 0 Å². The fourth-order valence-electron chi connectivity index (χ4n) is 2.07. The largest absolute Gasteiger partial charge is 0.388 e. The van der Waals surface area contributed by atoms with E-state index < -0.39 is 0 Å². The van der Waals surface area contributed by atoms with Gasteiger partial charge in [0, 0.05) is 0 Å². The Balaban J connectivity index is 2.82. The third kappa shape index (κ3) is 4.16. The molecule has 0 spiro atoms. The van der Waals surface area contributed by atoms with Crippen molar-refractivity contribution in [1.82, 2.24) is 0 Å². The minimum Gasteiger partial charge on any atom is -0.388 e. The highest BCUT2D eigenvalue weighted by Crippen LogP contribution is 2.29. The first-order valence-electron chi connectivity index (χ1n) is 6.46. The molecule has 1 N–H and O–H groups in total. The third-order valence-electron chi connectivity index (χ3n) is 3.41. The first-order chi connectivity index (χ1) is 7.70. The quantitative estimate of drug-likeness (QED) is 0.818. The van der Waals surface area contributed by atoms with Crippen molar-refractivity contribution in [3.63, 3.8) is 0 Å². The zero-order valence-electron chi connectivity index (χ0n) is 12.1. The Morgan fingerprint density at radius 2 is 1.53 bits per heavy atom. The summed E-state index contributed by atoms with van der Waals surface area (Å²) in [5, 5.41) is 10.3. The molecule has 1 heteroatoms. The van der Waals surface area contributed by atoms with Crippen molar-refractivity contribution < 1.29 is 5.11 Å². The molecule has 0 fully saturated rings. The van der Waals surface area contributed by atoms with Crippen LogP contribution in [0.3, 0.4) is 0 Å². The number of rotatable bonds is 3. The molecular formula is C16H26O. The second kappa shape index (κ2) is 5.22. The first kappa shape index (κ1) is 14.2. The Morgan fingerprint density at radius 1 is 1.00 bits per heavy atom. The third-order valence-corrected chi connectivity index (χ3v) is 3.41. The maximum Gasteiger partial charge on any atom is 0.0792 e. The van der Waals surface area contributed by atoms with Crippen molar-refractivity contribution in [2.45, 2.75) is 60.5 Å². The Hall–Kier alpha value is -0.820. The molecule has 1 aromatic rings. The fourth-order valence-corrected chi connectivity index (χ4v) is 2.07. The average molecular weight is 234 g/mol. The molecule has 1 unspecified atom stereocenters. The molecular weight excluding hydrogens is 208 g/mol. The van der Waals surface area contributed by atoms with Gasteiger partial charge in [-0.1, -0.05) is 32.9 Å². The highest BCUT2D eigenvalue weighted by atomic mass is 16.3. The molecule has 1 nitrogen and oxygen atoms in total. The average Bonchev–Trinajstić information content (AvgIpc) is 2.19. The Morgan fingerprint density at radius 3 is 2.06 bits per heavy atom. The molecule has 0 radical (unpaired) electrons. The van der Waals surface area contributed by atoms with Gasteiger partial charge in [0.25, 0.3) is 0 Å². The normalized spacial score (nSPS) is 13.8. The molecule has 1 aromatic carbocycles. The van der Waals surface area contributed by atoms with E-state index >= 15 is 0 Å². The van der Waals surface area contributed by atoms with E-state index in [0.717, 1.165) is 18.4 Å². The van der Waals surface area contributed by atoms with Crippen LogP contribution in [0.15, 0.2) is 12.1 Å². The Labute approximate surface area is 106 Å². The lowest BCUT2D eigenvalue weighted by Crippen LogP contribution is -2.09. The lowest BCUT2D eigenvalue weighted by atomic mass is 9.86. The molecule has 0 amide bonds. The summed E-state index contributed by atoms with van der Waals surface area (Å²) in [5.41, 5.74) is 5.15. The summed E-state index contributed by atoms with van der Waals surface area (Å²) < 4.78 is 0. The topological polar surface area (TPSA) is 20.2 Å². The summed E-state index contributed by atoms with van der Waals surface area (Å²) in [7, 11) is 0. The van der Waals surface area contributed by atoms with Crippen molar-refractivity contribution in [3.05, 3.63) is 34.4 Å².